The third kappa shape index (κ3) is 4.75. The fraction of sp³-hybridized carbons (Fsp3) is 0.833. The van der Waals surface area contributed by atoms with Crippen molar-refractivity contribution in [3.05, 3.63) is 0 Å². The van der Waals surface area contributed by atoms with Crippen LogP contribution in [-0.4, -0.2) is 63.9 Å². The number of nitrogens with zero attached hydrogens (tertiary/aromatic N) is 1. The Labute approximate surface area is 130 Å². The summed E-state index contributed by atoms with van der Waals surface area (Å²) in [6, 6.07) is 0. The molecule has 2 rings (SSSR count). The fourth-order valence-electron chi connectivity index (χ4n) is 2.61. The smallest absolute Gasteiger partial charge is 0.229 e. The predicted octanol–water partition coefficient (Wildman–Crippen LogP) is -1.12. The highest BCUT2D eigenvalue weighted by molar-refractivity contribution is 7.91. The van der Waals surface area contributed by atoms with Gasteiger partial charge in [0.1, 0.15) is 0 Å². The Bertz CT molecular complexity index is 639. The van der Waals surface area contributed by atoms with Gasteiger partial charge in [0, 0.05) is 25.9 Å². The molecule has 0 bridgehead atoms. The molecule has 10 heteroatoms. The van der Waals surface area contributed by atoms with Gasteiger partial charge in [-0.25, -0.2) is 21.6 Å². The molecule has 2 heterocycles. The first-order valence-corrected chi connectivity index (χ1v) is 10.7. The number of carbonyl (C=O) groups excluding carboxylic acids is 2. The van der Waals surface area contributed by atoms with Crippen LogP contribution in [-0.2, 0) is 29.4 Å². The highest BCUT2D eigenvalue weighted by Crippen LogP contribution is 2.17. The lowest BCUT2D eigenvalue weighted by molar-refractivity contribution is -0.147. The molecule has 0 aromatic carbocycles. The minimum Gasteiger partial charge on any atom is -0.282 e. The molecule has 1 unspecified atom stereocenters. The van der Waals surface area contributed by atoms with E-state index in [0.29, 0.717) is 12.8 Å². The minimum atomic E-state index is -3.64. The van der Waals surface area contributed by atoms with Crippen LogP contribution in [0.4, 0.5) is 0 Å². The predicted molar refractivity (Wildman–Crippen MR) is 79.1 cm³/mol. The van der Waals surface area contributed by atoms with E-state index < -0.39 is 19.9 Å². The number of hydrogen-bond acceptors (Lipinski definition) is 6. The minimum absolute atomic E-state index is 0.00137. The van der Waals surface area contributed by atoms with Gasteiger partial charge in [0.15, 0.2) is 9.84 Å². The van der Waals surface area contributed by atoms with Gasteiger partial charge < -0.3 is 0 Å². The molecule has 1 N–H and O–H groups in total. The van der Waals surface area contributed by atoms with Crippen LogP contribution in [0.1, 0.15) is 25.7 Å². The monoisotopic (exact) mass is 352 g/mol. The lowest BCUT2D eigenvalue weighted by atomic mass is 10.1. The van der Waals surface area contributed by atoms with Gasteiger partial charge in [-0.05, 0) is 18.8 Å². The summed E-state index contributed by atoms with van der Waals surface area (Å²) in [6.45, 7) is -0.0839. The van der Waals surface area contributed by atoms with E-state index in [0.717, 1.165) is 4.90 Å². The zero-order valence-electron chi connectivity index (χ0n) is 12.2. The molecule has 8 nitrogen and oxygen atoms in total. The third-order valence-electron chi connectivity index (χ3n) is 3.89. The zero-order valence-corrected chi connectivity index (χ0v) is 13.8. The number of rotatable bonds is 6. The van der Waals surface area contributed by atoms with E-state index in [4.69, 9.17) is 0 Å². The van der Waals surface area contributed by atoms with Gasteiger partial charge in [-0.2, -0.15) is 0 Å². The average Bonchev–Trinajstić information content (AvgIpc) is 2.76. The van der Waals surface area contributed by atoms with Crippen LogP contribution in [0, 0.1) is 5.92 Å². The highest BCUT2D eigenvalue weighted by atomic mass is 32.2. The Morgan fingerprint density at radius 3 is 2.36 bits per heavy atom. The molecule has 0 aliphatic carbocycles. The quantitative estimate of drug-likeness (QED) is 0.605. The van der Waals surface area contributed by atoms with Crippen molar-refractivity contribution in [3.8, 4) is 0 Å². The van der Waals surface area contributed by atoms with E-state index in [1.54, 1.807) is 0 Å². The average molecular weight is 352 g/mol. The van der Waals surface area contributed by atoms with Gasteiger partial charge in [-0.15, -0.1) is 0 Å². The van der Waals surface area contributed by atoms with E-state index in [1.807, 2.05) is 0 Å². The molecule has 2 saturated heterocycles. The number of carbonyl (C=O) groups is 2. The number of likely N-dealkylation sites (tertiary alicyclic amines) is 1. The molecular formula is C12H20N2O6S2. The lowest BCUT2D eigenvalue weighted by Crippen LogP contribution is -2.44. The summed E-state index contributed by atoms with van der Waals surface area (Å²) in [4.78, 5) is 24.2. The number of sulfonamides is 1. The molecule has 2 aliphatic rings. The van der Waals surface area contributed by atoms with E-state index in [2.05, 4.69) is 4.72 Å². The number of imide groups is 1. The molecule has 1 atom stereocenters. The second-order valence-corrected chi connectivity index (χ2v) is 9.88. The highest BCUT2D eigenvalue weighted by Gasteiger charge is 2.30. The first kappa shape index (κ1) is 17.4. The SMILES string of the molecule is O=C1CCCC(=O)N1CCS(=O)(=O)NCC1CCS(=O)(=O)C1. The molecule has 0 aromatic rings. The molecule has 0 saturated carbocycles. The van der Waals surface area contributed by atoms with Gasteiger partial charge in [0.05, 0.1) is 17.3 Å². The van der Waals surface area contributed by atoms with Gasteiger partial charge in [-0.3, -0.25) is 14.5 Å². The molecular weight excluding hydrogens is 332 g/mol. The maximum Gasteiger partial charge on any atom is 0.229 e. The standard InChI is InChI=1S/C12H20N2O6S2/c15-11-2-1-3-12(16)14(11)5-7-22(19,20)13-8-10-4-6-21(17,18)9-10/h10,13H,1-9H2. The van der Waals surface area contributed by atoms with Crippen molar-refractivity contribution in [3.63, 3.8) is 0 Å². The molecule has 2 fully saturated rings. The Morgan fingerprint density at radius 2 is 1.82 bits per heavy atom. The van der Waals surface area contributed by atoms with Crippen molar-refractivity contribution < 1.29 is 26.4 Å². The zero-order chi connectivity index (χ0) is 16.4. The van der Waals surface area contributed by atoms with Gasteiger partial charge in [0.25, 0.3) is 0 Å². The van der Waals surface area contributed by atoms with E-state index in [-0.39, 0.29) is 60.9 Å². The van der Waals surface area contributed by atoms with Crippen LogP contribution in [0.25, 0.3) is 0 Å². The normalized spacial score (nSPS) is 25.6. The Hall–Kier alpha value is -1.00. The van der Waals surface area contributed by atoms with Crippen LogP contribution < -0.4 is 4.72 Å². The summed E-state index contributed by atoms with van der Waals surface area (Å²) >= 11 is 0. The largest absolute Gasteiger partial charge is 0.282 e. The van der Waals surface area contributed by atoms with E-state index in [1.165, 1.54) is 0 Å². The first-order valence-electron chi connectivity index (χ1n) is 7.19. The third-order valence-corrected chi connectivity index (χ3v) is 7.05. The number of piperidine rings is 1. The second-order valence-electron chi connectivity index (χ2n) is 5.73. The molecule has 0 radical (unpaired) electrons. The molecule has 22 heavy (non-hydrogen) atoms. The Balaban J connectivity index is 1.81. The maximum atomic E-state index is 11.9. The summed E-state index contributed by atoms with van der Waals surface area (Å²) in [7, 11) is -6.68. The summed E-state index contributed by atoms with van der Waals surface area (Å²) in [5.74, 6) is -1.15. The maximum absolute atomic E-state index is 11.9. The van der Waals surface area contributed by atoms with Crippen molar-refractivity contribution in [2.75, 3.05) is 30.3 Å². The van der Waals surface area contributed by atoms with Gasteiger partial charge in [-0.1, -0.05) is 0 Å². The summed E-state index contributed by atoms with van der Waals surface area (Å²) in [5.41, 5.74) is 0. The summed E-state index contributed by atoms with van der Waals surface area (Å²) in [5, 5.41) is 0. The topological polar surface area (TPSA) is 118 Å². The van der Waals surface area contributed by atoms with Crippen molar-refractivity contribution >= 4 is 31.7 Å². The molecule has 2 aliphatic heterocycles. The summed E-state index contributed by atoms with van der Waals surface area (Å²) in [6.07, 6.45) is 1.49. The lowest BCUT2D eigenvalue weighted by Gasteiger charge is -2.24. The van der Waals surface area contributed by atoms with Crippen LogP contribution in [0.5, 0.6) is 0 Å². The van der Waals surface area contributed by atoms with Crippen molar-refractivity contribution in [2.24, 2.45) is 5.92 Å². The Kier molecular flexibility index (Phi) is 5.23. The second kappa shape index (κ2) is 6.63. The number of amides is 2. The fourth-order valence-corrected chi connectivity index (χ4v) is 5.53. The first-order chi connectivity index (χ1) is 10.2. The number of nitrogens with one attached hydrogen (secondary N) is 1. The van der Waals surface area contributed by atoms with Crippen molar-refractivity contribution in [1.29, 1.82) is 0 Å². The molecule has 0 spiro atoms. The van der Waals surface area contributed by atoms with Crippen LogP contribution in [0.2, 0.25) is 0 Å². The van der Waals surface area contributed by atoms with Gasteiger partial charge >= 0.3 is 0 Å². The number of sulfone groups is 1. The van der Waals surface area contributed by atoms with Crippen LogP contribution in [0.15, 0.2) is 0 Å². The number of hydrogen-bond donors (Lipinski definition) is 1. The van der Waals surface area contributed by atoms with Crippen molar-refractivity contribution in [1.82, 2.24) is 9.62 Å². The molecule has 2 amide bonds. The Morgan fingerprint density at radius 1 is 1.18 bits per heavy atom. The van der Waals surface area contributed by atoms with Crippen molar-refractivity contribution in [2.45, 2.75) is 25.7 Å². The molecule has 0 aromatic heterocycles. The van der Waals surface area contributed by atoms with Crippen LogP contribution in [0.3, 0.4) is 0 Å². The van der Waals surface area contributed by atoms with Gasteiger partial charge in [0.2, 0.25) is 21.8 Å². The van der Waals surface area contributed by atoms with Crippen LogP contribution >= 0.6 is 0 Å². The summed E-state index contributed by atoms with van der Waals surface area (Å²) < 4.78 is 48.8. The van der Waals surface area contributed by atoms with E-state index >= 15 is 0 Å². The molecule has 126 valence electrons. The van der Waals surface area contributed by atoms with E-state index in [9.17, 15) is 26.4 Å².